The maximum absolute atomic E-state index is 10.6. The Kier molecular flexibility index (Phi) is 3.54. The van der Waals surface area contributed by atoms with E-state index in [9.17, 15) is 4.79 Å². The molecule has 0 aliphatic rings. The molecule has 0 aliphatic heterocycles. The van der Waals surface area contributed by atoms with E-state index in [4.69, 9.17) is 4.74 Å². The van der Waals surface area contributed by atoms with Gasteiger partial charge in [-0.2, -0.15) is 0 Å². The number of hydrogen-bond donors (Lipinski definition) is 0. The van der Waals surface area contributed by atoms with Crippen molar-refractivity contribution in [2.75, 3.05) is 0 Å². The lowest BCUT2D eigenvalue weighted by Gasteiger charge is -2.08. The van der Waals surface area contributed by atoms with Crippen molar-refractivity contribution >= 4 is 17.6 Å². The molecule has 17 heavy (non-hydrogen) atoms. The minimum Gasteiger partial charge on any atom is -0.455 e. The standard InChI is InChI=1S/C13H13NO2S/c1-3-12-13(5-4-9(2)14-12)16-10-6-11(7-15)17-8-10/h4-8H,3H2,1-2H3. The summed E-state index contributed by atoms with van der Waals surface area (Å²) in [5, 5.41) is 1.82. The van der Waals surface area contributed by atoms with Gasteiger partial charge in [0, 0.05) is 17.1 Å². The predicted octanol–water partition coefficient (Wildman–Crippen LogP) is 3.62. The molecule has 2 rings (SSSR count). The van der Waals surface area contributed by atoms with Crippen LogP contribution in [0.3, 0.4) is 0 Å². The zero-order chi connectivity index (χ0) is 12.3. The Morgan fingerprint density at radius 1 is 1.47 bits per heavy atom. The van der Waals surface area contributed by atoms with E-state index in [0.29, 0.717) is 10.6 Å². The molecule has 0 saturated heterocycles. The molecule has 0 fully saturated rings. The van der Waals surface area contributed by atoms with Crippen LogP contribution in [0.2, 0.25) is 0 Å². The average molecular weight is 247 g/mol. The Bertz CT molecular complexity index is 534. The number of nitrogens with zero attached hydrogens (tertiary/aromatic N) is 1. The van der Waals surface area contributed by atoms with Crippen molar-refractivity contribution in [1.29, 1.82) is 0 Å². The zero-order valence-electron chi connectivity index (χ0n) is 9.77. The lowest BCUT2D eigenvalue weighted by molar-refractivity contribution is 0.112. The fourth-order valence-corrected chi connectivity index (χ4v) is 2.13. The van der Waals surface area contributed by atoms with Gasteiger partial charge in [0.1, 0.15) is 11.5 Å². The smallest absolute Gasteiger partial charge is 0.160 e. The minimum absolute atomic E-state index is 0.665. The molecule has 2 aromatic heterocycles. The van der Waals surface area contributed by atoms with Crippen LogP contribution in [0.4, 0.5) is 0 Å². The summed E-state index contributed by atoms with van der Waals surface area (Å²) >= 11 is 1.37. The molecule has 0 saturated carbocycles. The molecule has 2 heterocycles. The number of aldehydes is 1. The maximum Gasteiger partial charge on any atom is 0.160 e. The third kappa shape index (κ3) is 2.71. The molecule has 0 aliphatic carbocycles. The van der Waals surface area contributed by atoms with Crippen LogP contribution in [0.5, 0.6) is 11.5 Å². The van der Waals surface area contributed by atoms with Gasteiger partial charge in [-0.3, -0.25) is 9.78 Å². The molecule has 4 heteroatoms. The fourth-order valence-electron chi connectivity index (χ4n) is 1.52. The molecule has 0 N–H and O–H groups in total. The van der Waals surface area contributed by atoms with E-state index in [0.717, 1.165) is 29.8 Å². The summed E-state index contributed by atoms with van der Waals surface area (Å²) in [6, 6.07) is 5.57. The molecule has 0 radical (unpaired) electrons. The summed E-state index contributed by atoms with van der Waals surface area (Å²) in [5.41, 5.74) is 1.91. The van der Waals surface area contributed by atoms with Crippen LogP contribution in [-0.2, 0) is 6.42 Å². The minimum atomic E-state index is 0.665. The van der Waals surface area contributed by atoms with Crippen LogP contribution in [0.15, 0.2) is 23.6 Å². The quantitative estimate of drug-likeness (QED) is 0.775. The molecule has 0 aromatic carbocycles. The molecule has 0 bridgehead atoms. The van der Waals surface area contributed by atoms with E-state index in [-0.39, 0.29) is 0 Å². The lowest BCUT2D eigenvalue weighted by atomic mass is 10.2. The van der Waals surface area contributed by atoms with Gasteiger partial charge in [-0.05, 0) is 25.5 Å². The summed E-state index contributed by atoms with van der Waals surface area (Å²) in [4.78, 5) is 15.7. The van der Waals surface area contributed by atoms with Gasteiger partial charge in [-0.25, -0.2) is 0 Å². The monoisotopic (exact) mass is 247 g/mol. The Balaban J connectivity index is 2.25. The first kappa shape index (κ1) is 11.8. The third-order valence-electron chi connectivity index (χ3n) is 2.35. The number of rotatable bonds is 4. The number of thiophene rings is 1. The van der Waals surface area contributed by atoms with E-state index < -0.39 is 0 Å². The Morgan fingerprint density at radius 3 is 2.94 bits per heavy atom. The van der Waals surface area contributed by atoms with Crippen molar-refractivity contribution in [3.63, 3.8) is 0 Å². The number of aryl methyl sites for hydroxylation is 2. The van der Waals surface area contributed by atoms with Crippen molar-refractivity contribution in [3.8, 4) is 11.5 Å². The second-order valence-electron chi connectivity index (χ2n) is 3.66. The number of aromatic nitrogens is 1. The van der Waals surface area contributed by atoms with Gasteiger partial charge >= 0.3 is 0 Å². The third-order valence-corrected chi connectivity index (χ3v) is 3.18. The molecule has 3 nitrogen and oxygen atoms in total. The first-order valence-electron chi connectivity index (χ1n) is 5.41. The SMILES string of the molecule is CCc1nc(C)ccc1Oc1csc(C=O)c1. The van der Waals surface area contributed by atoms with Gasteiger partial charge in [0.2, 0.25) is 0 Å². The van der Waals surface area contributed by atoms with Crippen LogP contribution in [0.25, 0.3) is 0 Å². The second-order valence-corrected chi connectivity index (χ2v) is 4.60. The highest BCUT2D eigenvalue weighted by atomic mass is 32.1. The lowest BCUT2D eigenvalue weighted by Crippen LogP contribution is -1.95. The fraction of sp³-hybridized carbons (Fsp3) is 0.231. The highest BCUT2D eigenvalue weighted by Crippen LogP contribution is 2.28. The van der Waals surface area contributed by atoms with Crippen LogP contribution in [0, 0.1) is 6.92 Å². The number of hydrogen-bond acceptors (Lipinski definition) is 4. The Hall–Kier alpha value is -1.68. The van der Waals surface area contributed by atoms with Gasteiger partial charge in [0.25, 0.3) is 0 Å². The van der Waals surface area contributed by atoms with E-state index in [1.54, 1.807) is 6.07 Å². The van der Waals surface area contributed by atoms with Crippen molar-refractivity contribution < 1.29 is 9.53 Å². The number of carbonyl (C=O) groups is 1. The number of ether oxygens (including phenoxy) is 1. The normalized spacial score (nSPS) is 10.2. The molecule has 2 aromatic rings. The van der Waals surface area contributed by atoms with Gasteiger partial charge in [-0.15, -0.1) is 11.3 Å². The zero-order valence-corrected chi connectivity index (χ0v) is 10.6. The summed E-state index contributed by atoms with van der Waals surface area (Å²) < 4.78 is 5.73. The molecule has 0 unspecified atom stereocenters. The second kappa shape index (κ2) is 5.10. The predicted molar refractivity (Wildman–Crippen MR) is 68.1 cm³/mol. The average Bonchev–Trinajstić information content (AvgIpc) is 2.79. The number of pyridine rings is 1. The molecule has 0 spiro atoms. The summed E-state index contributed by atoms with van der Waals surface area (Å²) in [5.74, 6) is 1.45. The van der Waals surface area contributed by atoms with Crippen LogP contribution in [0.1, 0.15) is 28.0 Å². The molecule has 0 amide bonds. The van der Waals surface area contributed by atoms with Crippen LogP contribution in [-0.4, -0.2) is 11.3 Å². The highest BCUT2D eigenvalue weighted by Gasteiger charge is 2.07. The van der Waals surface area contributed by atoms with Crippen LogP contribution < -0.4 is 4.74 Å². The van der Waals surface area contributed by atoms with E-state index >= 15 is 0 Å². The summed E-state index contributed by atoms with van der Waals surface area (Å²) in [6.07, 6.45) is 1.65. The largest absolute Gasteiger partial charge is 0.455 e. The topological polar surface area (TPSA) is 39.2 Å². The molecular formula is C13H13NO2S. The van der Waals surface area contributed by atoms with Gasteiger partial charge in [0.15, 0.2) is 6.29 Å². The molecule has 88 valence electrons. The van der Waals surface area contributed by atoms with Crippen molar-refractivity contribution in [1.82, 2.24) is 4.98 Å². The van der Waals surface area contributed by atoms with Crippen molar-refractivity contribution in [2.45, 2.75) is 20.3 Å². The summed E-state index contributed by atoms with van der Waals surface area (Å²) in [7, 11) is 0. The van der Waals surface area contributed by atoms with Crippen molar-refractivity contribution in [2.24, 2.45) is 0 Å². The first-order valence-corrected chi connectivity index (χ1v) is 6.29. The van der Waals surface area contributed by atoms with Crippen molar-refractivity contribution in [3.05, 3.63) is 39.8 Å². The Morgan fingerprint density at radius 2 is 2.29 bits per heavy atom. The van der Waals surface area contributed by atoms with Gasteiger partial charge in [0.05, 0.1) is 10.6 Å². The van der Waals surface area contributed by atoms with Gasteiger partial charge in [-0.1, -0.05) is 6.92 Å². The van der Waals surface area contributed by atoms with Crippen LogP contribution >= 0.6 is 11.3 Å². The van der Waals surface area contributed by atoms with E-state index in [1.165, 1.54) is 11.3 Å². The number of carbonyl (C=O) groups excluding carboxylic acids is 1. The maximum atomic E-state index is 10.6. The Labute approximate surface area is 104 Å². The molecule has 0 atom stereocenters. The van der Waals surface area contributed by atoms with Gasteiger partial charge < -0.3 is 4.74 Å². The van der Waals surface area contributed by atoms with E-state index in [2.05, 4.69) is 4.98 Å². The highest BCUT2D eigenvalue weighted by molar-refractivity contribution is 7.11. The molecular weight excluding hydrogens is 234 g/mol. The summed E-state index contributed by atoms with van der Waals surface area (Å²) in [6.45, 7) is 4.00. The first-order chi connectivity index (χ1) is 8.22. The van der Waals surface area contributed by atoms with E-state index in [1.807, 2.05) is 31.4 Å².